The van der Waals surface area contributed by atoms with Crippen molar-refractivity contribution < 1.29 is 9.59 Å². The molecule has 2 aliphatic rings. The number of para-hydroxylation sites is 1. The molecule has 0 aromatic heterocycles. The molecule has 0 radical (unpaired) electrons. The average Bonchev–Trinajstić information content (AvgIpc) is 3.07. The highest BCUT2D eigenvalue weighted by molar-refractivity contribution is 6.40. The third-order valence-electron chi connectivity index (χ3n) is 5.38. The van der Waals surface area contributed by atoms with Gasteiger partial charge in [-0.1, -0.05) is 32.0 Å². The molecule has 0 aliphatic carbocycles. The zero-order valence-electron chi connectivity index (χ0n) is 17.0. The number of primary amides is 1. The number of rotatable bonds is 6. The fraction of sp³-hybridized carbons (Fsp3) is 0.571. The number of benzene rings is 1. The highest BCUT2D eigenvalue weighted by atomic mass is 16.2. The van der Waals surface area contributed by atoms with Crippen molar-refractivity contribution in [2.45, 2.75) is 45.7 Å². The van der Waals surface area contributed by atoms with Crippen LogP contribution in [0.1, 0.15) is 33.6 Å². The first-order valence-corrected chi connectivity index (χ1v) is 10.1. The number of anilines is 1. The van der Waals surface area contributed by atoms with Gasteiger partial charge in [0.15, 0.2) is 0 Å². The third-order valence-corrected chi connectivity index (χ3v) is 5.38. The topological polar surface area (TPSA) is 91.0 Å². The van der Waals surface area contributed by atoms with Gasteiger partial charge in [0.1, 0.15) is 11.8 Å². The number of hydrogen-bond acceptors (Lipinski definition) is 5. The number of hydrogen-bond donors (Lipinski definition) is 2. The summed E-state index contributed by atoms with van der Waals surface area (Å²) in [5.41, 5.74) is 6.64. The lowest BCUT2D eigenvalue weighted by molar-refractivity contribution is -0.119. The van der Waals surface area contributed by atoms with Crippen LogP contribution in [0.4, 0.5) is 5.69 Å². The Kier molecular flexibility index (Phi) is 6.34. The first-order chi connectivity index (χ1) is 13.3. The lowest BCUT2D eigenvalue weighted by Crippen LogP contribution is -2.48. The van der Waals surface area contributed by atoms with Crippen molar-refractivity contribution in [2.75, 3.05) is 24.6 Å². The molecule has 1 fully saturated rings. The molecule has 3 rings (SSSR count). The Labute approximate surface area is 166 Å². The van der Waals surface area contributed by atoms with Crippen molar-refractivity contribution in [3.05, 3.63) is 30.3 Å². The van der Waals surface area contributed by atoms with E-state index in [1.54, 1.807) is 5.01 Å². The number of carbonyl (C=O) groups is 2. The predicted molar refractivity (Wildman–Crippen MR) is 111 cm³/mol. The Morgan fingerprint density at radius 2 is 1.86 bits per heavy atom. The van der Waals surface area contributed by atoms with E-state index in [0.29, 0.717) is 17.5 Å². The summed E-state index contributed by atoms with van der Waals surface area (Å²) >= 11 is 0. The third kappa shape index (κ3) is 4.90. The lowest BCUT2D eigenvalue weighted by atomic mass is 9.92. The first kappa shape index (κ1) is 20.3. The van der Waals surface area contributed by atoms with Gasteiger partial charge >= 0.3 is 0 Å². The summed E-state index contributed by atoms with van der Waals surface area (Å²) in [6.07, 6.45) is 1.48. The largest absolute Gasteiger partial charge is 0.368 e. The van der Waals surface area contributed by atoms with Gasteiger partial charge in [-0.05, 0) is 37.3 Å². The number of hydrazone groups is 1. The van der Waals surface area contributed by atoms with Crippen LogP contribution in [0.15, 0.2) is 35.4 Å². The molecule has 1 saturated heterocycles. The summed E-state index contributed by atoms with van der Waals surface area (Å²) in [4.78, 5) is 27.0. The minimum absolute atomic E-state index is 0.00510. The van der Waals surface area contributed by atoms with E-state index in [4.69, 9.17) is 5.73 Å². The summed E-state index contributed by atoms with van der Waals surface area (Å²) in [6, 6.07) is 8.68. The lowest BCUT2D eigenvalue weighted by Gasteiger charge is -2.36. The van der Waals surface area contributed by atoms with Crippen LogP contribution in [0, 0.1) is 11.8 Å². The number of piperidine rings is 1. The van der Waals surface area contributed by atoms with Crippen LogP contribution >= 0.6 is 0 Å². The van der Waals surface area contributed by atoms with Gasteiger partial charge in [0.05, 0.1) is 5.69 Å². The zero-order chi connectivity index (χ0) is 20.3. The van der Waals surface area contributed by atoms with Gasteiger partial charge in [-0.15, -0.1) is 0 Å². The number of nitrogens with two attached hydrogens (primary N) is 1. The zero-order valence-corrected chi connectivity index (χ0v) is 17.0. The highest BCUT2D eigenvalue weighted by Gasteiger charge is 2.35. The maximum absolute atomic E-state index is 12.7. The molecule has 152 valence electrons. The molecule has 2 amide bonds. The Hall–Kier alpha value is -2.41. The molecule has 28 heavy (non-hydrogen) atoms. The summed E-state index contributed by atoms with van der Waals surface area (Å²) < 4.78 is 0. The van der Waals surface area contributed by atoms with Gasteiger partial charge in [0.2, 0.25) is 5.91 Å². The van der Waals surface area contributed by atoms with Crippen LogP contribution in [0.3, 0.4) is 0 Å². The monoisotopic (exact) mass is 385 g/mol. The Balaban J connectivity index is 1.62. The SMILES string of the molecule is CC1CC(C)CN(CC(C)NC(=O)C2=NN(c3ccccc3)C(C(N)=O)C2)C1. The molecule has 3 N–H and O–H groups in total. The predicted octanol–water partition coefficient (Wildman–Crippen LogP) is 1.59. The van der Waals surface area contributed by atoms with E-state index >= 15 is 0 Å². The normalized spacial score (nSPS) is 26.6. The maximum atomic E-state index is 12.7. The van der Waals surface area contributed by atoms with Crippen molar-refractivity contribution in [3.8, 4) is 0 Å². The van der Waals surface area contributed by atoms with E-state index in [0.717, 1.165) is 25.3 Å². The molecule has 7 nitrogen and oxygen atoms in total. The summed E-state index contributed by atoms with van der Waals surface area (Å²) in [6.45, 7) is 9.52. The molecule has 0 spiro atoms. The minimum Gasteiger partial charge on any atom is -0.368 e. The molecule has 1 aromatic carbocycles. The van der Waals surface area contributed by atoms with E-state index in [1.165, 1.54) is 6.42 Å². The Morgan fingerprint density at radius 3 is 2.46 bits per heavy atom. The van der Waals surface area contributed by atoms with Crippen molar-refractivity contribution in [3.63, 3.8) is 0 Å². The molecule has 0 saturated carbocycles. The second kappa shape index (κ2) is 8.73. The second-order valence-electron chi connectivity index (χ2n) is 8.39. The summed E-state index contributed by atoms with van der Waals surface area (Å²) in [5, 5.41) is 9.00. The van der Waals surface area contributed by atoms with E-state index < -0.39 is 11.9 Å². The number of likely N-dealkylation sites (tertiary alicyclic amines) is 1. The molecule has 1 aromatic rings. The van der Waals surface area contributed by atoms with E-state index in [9.17, 15) is 9.59 Å². The van der Waals surface area contributed by atoms with E-state index in [-0.39, 0.29) is 18.4 Å². The Bertz CT molecular complexity index is 726. The van der Waals surface area contributed by atoms with Crippen LogP contribution < -0.4 is 16.1 Å². The van der Waals surface area contributed by atoms with E-state index in [1.807, 2.05) is 37.3 Å². The first-order valence-electron chi connectivity index (χ1n) is 10.1. The van der Waals surface area contributed by atoms with Gasteiger partial charge in [-0.2, -0.15) is 5.10 Å². The second-order valence-corrected chi connectivity index (χ2v) is 8.39. The molecule has 2 aliphatic heterocycles. The highest BCUT2D eigenvalue weighted by Crippen LogP contribution is 2.24. The molecular weight excluding hydrogens is 354 g/mol. The van der Waals surface area contributed by atoms with Crippen molar-refractivity contribution in [1.29, 1.82) is 0 Å². The smallest absolute Gasteiger partial charge is 0.267 e. The van der Waals surface area contributed by atoms with Gasteiger partial charge in [-0.25, -0.2) is 0 Å². The van der Waals surface area contributed by atoms with Crippen molar-refractivity contribution in [2.24, 2.45) is 22.7 Å². The van der Waals surface area contributed by atoms with Crippen LogP contribution in [0.2, 0.25) is 0 Å². The number of carbonyl (C=O) groups excluding carboxylic acids is 2. The van der Waals surface area contributed by atoms with Gasteiger partial charge in [0.25, 0.3) is 5.91 Å². The molecule has 7 heteroatoms. The van der Waals surface area contributed by atoms with Crippen molar-refractivity contribution in [1.82, 2.24) is 10.2 Å². The molecule has 0 bridgehead atoms. The van der Waals surface area contributed by atoms with Crippen LogP contribution in [0.5, 0.6) is 0 Å². The summed E-state index contributed by atoms with van der Waals surface area (Å²) in [7, 11) is 0. The standard InChI is InChI=1S/C21H31N5O2/c1-14-9-15(2)12-25(11-14)13-16(3)23-21(28)18-10-19(20(22)27)26(24-18)17-7-5-4-6-8-17/h4-8,14-16,19H,9-13H2,1-3H3,(H2,22,27)(H,23,28). The summed E-state index contributed by atoms with van der Waals surface area (Å²) in [5.74, 6) is 0.651. The Morgan fingerprint density at radius 1 is 1.21 bits per heavy atom. The van der Waals surface area contributed by atoms with Crippen LogP contribution in [-0.2, 0) is 9.59 Å². The van der Waals surface area contributed by atoms with Gasteiger partial charge < -0.3 is 16.0 Å². The molecule has 4 unspecified atom stereocenters. The molecule has 4 atom stereocenters. The van der Waals surface area contributed by atoms with Gasteiger partial charge in [0, 0.05) is 32.1 Å². The minimum atomic E-state index is -0.637. The average molecular weight is 386 g/mol. The van der Waals surface area contributed by atoms with Gasteiger partial charge in [-0.3, -0.25) is 14.6 Å². The molecular formula is C21H31N5O2. The van der Waals surface area contributed by atoms with E-state index in [2.05, 4.69) is 29.2 Å². The number of nitrogens with one attached hydrogen (secondary N) is 1. The van der Waals surface area contributed by atoms with Crippen molar-refractivity contribution >= 4 is 23.2 Å². The van der Waals surface area contributed by atoms with Crippen LogP contribution in [0.25, 0.3) is 0 Å². The number of nitrogens with zero attached hydrogens (tertiary/aromatic N) is 3. The molecule has 2 heterocycles. The quantitative estimate of drug-likeness (QED) is 0.778. The van der Waals surface area contributed by atoms with Crippen LogP contribution in [-0.4, -0.2) is 54.1 Å². The number of amides is 2. The fourth-order valence-corrected chi connectivity index (χ4v) is 4.37. The fourth-order valence-electron chi connectivity index (χ4n) is 4.37. The maximum Gasteiger partial charge on any atom is 0.267 e.